The van der Waals surface area contributed by atoms with Crippen molar-refractivity contribution in [3.63, 3.8) is 0 Å². The van der Waals surface area contributed by atoms with Gasteiger partial charge < -0.3 is 0 Å². The Bertz CT molecular complexity index is 398. The van der Waals surface area contributed by atoms with Crippen molar-refractivity contribution in [2.45, 2.75) is 17.7 Å². The van der Waals surface area contributed by atoms with Gasteiger partial charge in [0.05, 0.1) is 10.6 Å². The van der Waals surface area contributed by atoms with Crippen molar-refractivity contribution < 1.29 is 8.42 Å². The van der Waals surface area contributed by atoms with Crippen molar-refractivity contribution in [2.24, 2.45) is 0 Å². The molecule has 0 heterocycles. The average Bonchev–Trinajstić information content (AvgIpc) is 2.18. The highest BCUT2D eigenvalue weighted by Crippen LogP contribution is 2.16. The SMILES string of the molecule is O=S(=O)(CCCCBr)c1ccc(Br)cc1. The minimum Gasteiger partial charge on any atom is -0.224 e. The zero-order valence-electron chi connectivity index (χ0n) is 8.12. The summed E-state index contributed by atoms with van der Waals surface area (Å²) >= 11 is 6.56. The van der Waals surface area contributed by atoms with Crippen LogP contribution in [0.2, 0.25) is 0 Å². The molecule has 1 rings (SSSR count). The van der Waals surface area contributed by atoms with Crippen molar-refractivity contribution in [1.29, 1.82) is 0 Å². The first-order valence-corrected chi connectivity index (χ1v) is 8.17. The lowest BCUT2D eigenvalue weighted by Crippen LogP contribution is -2.06. The molecule has 0 aliphatic carbocycles. The predicted octanol–water partition coefficient (Wildman–Crippen LogP) is 3.40. The van der Waals surface area contributed by atoms with E-state index in [0.29, 0.717) is 11.3 Å². The third-order valence-electron chi connectivity index (χ3n) is 1.97. The molecular weight excluding hydrogens is 344 g/mol. The predicted molar refractivity (Wildman–Crippen MR) is 69.2 cm³/mol. The van der Waals surface area contributed by atoms with Gasteiger partial charge in [-0.05, 0) is 37.1 Å². The molecule has 0 atom stereocenters. The van der Waals surface area contributed by atoms with Crippen molar-refractivity contribution in [1.82, 2.24) is 0 Å². The molecule has 0 aromatic heterocycles. The molecule has 0 aliphatic rings. The Balaban J connectivity index is 2.73. The number of benzene rings is 1. The summed E-state index contributed by atoms with van der Waals surface area (Å²) in [5, 5.41) is 0.850. The fourth-order valence-electron chi connectivity index (χ4n) is 1.15. The van der Waals surface area contributed by atoms with Gasteiger partial charge in [0.1, 0.15) is 0 Å². The summed E-state index contributed by atoms with van der Waals surface area (Å²) in [5.41, 5.74) is 0. The summed E-state index contributed by atoms with van der Waals surface area (Å²) in [4.78, 5) is 0.403. The van der Waals surface area contributed by atoms with Gasteiger partial charge in [0.25, 0.3) is 0 Å². The molecule has 0 radical (unpaired) electrons. The Morgan fingerprint density at radius 1 is 1.07 bits per heavy atom. The van der Waals surface area contributed by atoms with Crippen LogP contribution in [0.5, 0.6) is 0 Å². The largest absolute Gasteiger partial charge is 0.224 e. The van der Waals surface area contributed by atoms with Gasteiger partial charge in [0.2, 0.25) is 0 Å². The standard InChI is InChI=1S/C10H12Br2O2S/c11-7-1-2-8-15(13,14)10-5-3-9(12)4-6-10/h3-6H,1-2,7-8H2. The molecule has 15 heavy (non-hydrogen) atoms. The molecule has 2 nitrogen and oxygen atoms in total. The van der Waals surface area contributed by atoms with E-state index in [1.54, 1.807) is 24.3 Å². The second-order valence-electron chi connectivity index (χ2n) is 3.17. The van der Waals surface area contributed by atoms with E-state index in [9.17, 15) is 8.42 Å². The molecule has 0 spiro atoms. The molecule has 0 saturated heterocycles. The third kappa shape index (κ3) is 4.25. The molecule has 0 saturated carbocycles. The van der Waals surface area contributed by atoms with Crippen LogP contribution < -0.4 is 0 Å². The van der Waals surface area contributed by atoms with Crippen LogP contribution in [0.4, 0.5) is 0 Å². The van der Waals surface area contributed by atoms with Gasteiger partial charge >= 0.3 is 0 Å². The van der Waals surface area contributed by atoms with Crippen LogP contribution in [0, 0.1) is 0 Å². The second-order valence-corrected chi connectivity index (χ2v) is 6.99. The quantitative estimate of drug-likeness (QED) is 0.599. The van der Waals surface area contributed by atoms with E-state index in [2.05, 4.69) is 31.9 Å². The van der Waals surface area contributed by atoms with E-state index in [0.717, 1.165) is 16.2 Å². The minimum atomic E-state index is -3.09. The highest BCUT2D eigenvalue weighted by molar-refractivity contribution is 9.10. The Hall–Kier alpha value is 0.130. The van der Waals surface area contributed by atoms with Gasteiger partial charge in [-0.2, -0.15) is 0 Å². The first-order valence-electron chi connectivity index (χ1n) is 4.60. The van der Waals surface area contributed by atoms with Crippen LogP contribution in [-0.4, -0.2) is 19.5 Å². The lowest BCUT2D eigenvalue weighted by atomic mass is 10.4. The Morgan fingerprint density at radius 3 is 2.20 bits per heavy atom. The summed E-state index contributed by atoms with van der Waals surface area (Å²) in [5.74, 6) is 0.222. The van der Waals surface area contributed by atoms with Crippen molar-refractivity contribution in [2.75, 3.05) is 11.1 Å². The number of hydrogen-bond acceptors (Lipinski definition) is 2. The van der Waals surface area contributed by atoms with Crippen LogP contribution in [0.15, 0.2) is 33.6 Å². The van der Waals surface area contributed by atoms with E-state index < -0.39 is 9.84 Å². The Labute approximate surface area is 107 Å². The number of sulfone groups is 1. The molecule has 0 amide bonds. The topological polar surface area (TPSA) is 34.1 Å². The van der Waals surface area contributed by atoms with Gasteiger partial charge in [-0.3, -0.25) is 0 Å². The normalized spacial score (nSPS) is 11.6. The summed E-state index contributed by atoms with van der Waals surface area (Å²) in [6, 6.07) is 6.76. The number of rotatable bonds is 5. The van der Waals surface area contributed by atoms with E-state index in [1.165, 1.54) is 0 Å². The number of hydrogen-bond donors (Lipinski definition) is 0. The molecule has 0 bridgehead atoms. The van der Waals surface area contributed by atoms with Crippen LogP contribution >= 0.6 is 31.9 Å². The summed E-state index contributed by atoms with van der Waals surface area (Å²) < 4.78 is 24.5. The second kappa shape index (κ2) is 6.01. The lowest BCUT2D eigenvalue weighted by molar-refractivity contribution is 0.593. The summed E-state index contributed by atoms with van der Waals surface area (Å²) in [7, 11) is -3.09. The molecule has 0 unspecified atom stereocenters. The first kappa shape index (κ1) is 13.2. The van der Waals surface area contributed by atoms with E-state index in [-0.39, 0.29) is 5.75 Å². The smallest absolute Gasteiger partial charge is 0.178 e. The van der Waals surface area contributed by atoms with Crippen molar-refractivity contribution in [3.8, 4) is 0 Å². The summed E-state index contributed by atoms with van der Waals surface area (Å²) in [6.07, 6.45) is 1.58. The fourth-order valence-corrected chi connectivity index (χ4v) is 3.18. The summed E-state index contributed by atoms with van der Waals surface area (Å²) in [6.45, 7) is 0. The van der Waals surface area contributed by atoms with Gasteiger partial charge in [0, 0.05) is 9.80 Å². The average molecular weight is 356 g/mol. The molecule has 1 aromatic rings. The highest BCUT2D eigenvalue weighted by Gasteiger charge is 2.12. The number of unbranched alkanes of at least 4 members (excludes halogenated alkanes) is 1. The van der Waals surface area contributed by atoms with Crippen LogP contribution in [-0.2, 0) is 9.84 Å². The van der Waals surface area contributed by atoms with E-state index in [4.69, 9.17) is 0 Å². The van der Waals surface area contributed by atoms with Crippen LogP contribution in [0.3, 0.4) is 0 Å². The molecular formula is C10H12Br2O2S. The van der Waals surface area contributed by atoms with Crippen molar-refractivity contribution >= 4 is 41.7 Å². The Morgan fingerprint density at radius 2 is 1.67 bits per heavy atom. The van der Waals surface area contributed by atoms with Crippen LogP contribution in [0.25, 0.3) is 0 Å². The van der Waals surface area contributed by atoms with E-state index in [1.807, 2.05) is 0 Å². The molecule has 84 valence electrons. The first-order chi connectivity index (χ1) is 7.06. The van der Waals surface area contributed by atoms with Gasteiger partial charge in [-0.1, -0.05) is 31.9 Å². The zero-order chi connectivity index (χ0) is 11.3. The molecule has 1 aromatic carbocycles. The van der Waals surface area contributed by atoms with Gasteiger partial charge in [-0.15, -0.1) is 0 Å². The maximum absolute atomic E-state index is 11.8. The zero-order valence-corrected chi connectivity index (χ0v) is 12.1. The highest BCUT2D eigenvalue weighted by atomic mass is 79.9. The number of alkyl halides is 1. The molecule has 0 N–H and O–H groups in total. The monoisotopic (exact) mass is 354 g/mol. The number of halogens is 2. The van der Waals surface area contributed by atoms with Crippen molar-refractivity contribution in [3.05, 3.63) is 28.7 Å². The van der Waals surface area contributed by atoms with Gasteiger partial charge in [0.15, 0.2) is 9.84 Å². The van der Waals surface area contributed by atoms with Gasteiger partial charge in [-0.25, -0.2) is 8.42 Å². The molecule has 0 aliphatic heterocycles. The maximum Gasteiger partial charge on any atom is 0.178 e. The molecule has 0 fully saturated rings. The molecule has 5 heteroatoms. The van der Waals surface area contributed by atoms with Crippen LogP contribution in [0.1, 0.15) is 12.8 Å². The van der Waals surface area contributed by atoms with E-state index >= 15 is 0 Å². The minimum absolute atomic E-state index is 0.222. The maximum atomic E-state index is 11.8. The Kier molecular flexibility index (Phi) is 5.29. The fraction of sp³-hybridized carbons (Fsp3) is 0.400. The lowest BCUT2D eigenvalue weighted by Gasteiger charge is -2.03. The third-order valence-corrected chi connectivity index (χ3v) is 4.88.